The summed E-state index contributed by atoms with van der Waals surface area (Å²) in [4.78, 5) is 0. The second kappa shape index (κ2) is 5.65. The smallest absolute Gasteiger partial charge is 0.00715 e. The normalized spacial score (nSPS) is 12.4. The molecule has 2 N–H and O–H groups in total. The minimum absolute atomic E-state index is 0.546. The van der Waals surface area contributed by atoms with Crippen molar-refractivity contribution in [2.45, 2.75) is 19.3 Å². The SMILES string of the molecule is CC(CCN)c1ccc(-c2ccccc2)cc1. The number of hydrogen-bond donors (Lipinski definition) is 1. The molecule has 88 valence electrons. The zero-order valence-electron chi connectivity index (χ0n) is 10.3. The van der Waals surface area contributed by atoms with Gasteiger partial charge < -0.3 is 5.73 Å². The van der Waals surface area contributed by atoms with Crippen molar-refractivity contribution in [2.24, 2.45) is 5.73 Å². The van der Waals surface area contributed by atoms with Crippen LogP contribution >= 0.6 is 0 Å². The average molecular weight is 225 g/mol. The summed E-state index contributed by atoms with van der Waals surface area (Å²) in [5.74, 6) is 0.546. The van der Waals surface area contributed by atoms with Crippen molar-refractivity contribution in [1.82, 2.24) is 0 Å². The van der Waals surface area contributed by atoms with Gasteiger partial charge in [-0.3, -0.25) is 0 Å². The van der Waals surface area contributed by atoms with E-state index in [9.17, 15) is 0 Å². The van der Waals surface area contributed by atoms with Crippen LogP contribution in [-0.4, -0.2) is 6.54 Å². The van der Waals surface area contributed by atoms with Crippen molar-refractivity contribution in [2.75, 3.05) is 6.54 Å². The molecule has 0 heterocycles. The number of benzene rings is 2. The van der Waals surface area contributed by atoms with Gasteiger partial charge in [0.2, 0.25) is 0 Å². The van der Waals surface area contributed by atoms with Crippen LogP contribution in [0.4, 0.5) is 0 Å². The summed E-state index contributed by atoms with van der Waals surface area (Å²) < 4.78 is 0. The predicted molar refractivity (Wildman–Crippen MR) is 74.0 cm³/mol. The van der Waals surface area contributed by atoms with E-state index in [1.807, 2.05) is 6.07 Å². The van der Waals surface area contributed by atoms with E-state index in [0.29, 0.717) is 5.92 Å². The molecular formula is C16H19N. The first-order chi connectivity index (χ1) is 8.31. The Morgan fingerprint density at radius 1 is 0.882 bits per heavy atom. The Balaban J connectivity index is 2.19. The molecule has 2 rings (SSSR count). The summed E-state index contributed by atoms with van der Waals surface area (Å²) >= 11 is 0. The molecule has 1 atom stereocenters. The maximum absolute atomic E-state index is 5.59. The van der Waals surface area contributed by atoms with Gasteiger partial charge in [0.05, 0.1) is 0 Å². The summed E-state index contributed by atoms with van der Waals surface area (Å²) in [7, 11) is 0. The highest BCUT2D eigenvalue weighted by Crippen LogP contribution is 2.23. The molecule has 1 unspecified atom stereocenters. The van der Waals surface area contributed by atoms with Crippen molar-refractivity contribution >= 4 is 0 Å². The molecule has 0 aliphatic carbocycles. The van der Waals surface area contributed by atoms with Crippen LogP contribution in [0.2, 0.25) is 0 Å². The van der Waals surface area contributed by atoms with Gasteiger partial charge in [-0.2, -0.15) is 0 Å². The second-order valence-corrected chi connectivity index (χ2v) is 4.47. The van der Waals surface area contributed by atoms with Crippen LogP contribution in [0.1, 0.15) is 24.8 Å². The van der Waals surface area contributed by atoms with Crippen molar-refractivity contribution < 1.29 is 0 Å². The summed E-state index contributed by atoms with van der Waals surface area (Å²) in [5, 5.41) is 0. The Kier molecular flexibility index (Phi) is 3.94. The van der Waals surface area contributed by atoms with Crippen molar-refractivity contribution in [1.29, 1.82) is 0 Å². The average Bonchev–Trinajstić information content (AvgIpc) is 2.40. The van der Waals surface area contributed by atoms with Gasteiger partial charge >= 0.3 is 0 Å². The predicted octanol–water partition coefficient (Wildman–Crippen LogP) is 3.81. The molecular weight excluding hydrogens is 206 g/mol. The standard InChI is InChI=1S/C16H19N/c1-13(11-12-17)14-7-9-16(10-8-14)15-5-3-2-4-6-15/h2-10,13H,11-12,17H2,1H3. The molecule has 0 spiro atoms. The quantitative estimate of drug-likeness (QED) is 0.841. The van der Waals surface area contributed by atoms with Crippen LogP contribution < -0.4 is 5.73 Å². The van der Waals surface area contributed by atoms with E-state index < -0.39 is 0 Å². The first-order valence-corrected chi connectivity index (χ1v) is 6.16. The molecule has 2 aromatic rings. The van der Waals surface area contributed by atoms with Crippen LogP contribution in [0.5, 0.6) is 0 Å². The fraction of sp³-hybridized carbons (Fsp3) is 0.250. The van der Waals surface area contributed by atoms with E-state index >= 15 is 0 Å². The molecule has 0 saturated carbocycles. The summed E-state index contributed by atoms with van der Waals surface area (Å²) in [6.07, 6.45) is 1.05. The monoisotopic (exact) mass is 225 g/mol. The van der Waals surface area contributed by atoms with Crippen LogP contribution in [0.3, 0.4) is 0 Å². The van der Waals surface area contributed by atoms with Crippen LogP contribution in [0, 0.1) is 0 Å². The Morgan fingerprint density at radius 3 is 2.06 bits per heavy atom. The largest absolute Gasteiger partial charge is 0.330 e. The highest BCUT2D eigenvalue weighted by Gasteiger charge is 2.04. The van der Waals surface area contributed by atoms with E-state index in [4.69, 9.17) is 5.73 Å². The van der Waals surface area contributed by atoms with E-state index in [1.54, 1.807) is 0 Å². The molecule has 0 fully saturated rings. The molecule has 0 aliphatic rings. The molecule has 2 aromatic carbocycles. The van der Waals surface area contributed by atoms with Gasteiger partial charge in [-0.1, -0.05) is 61.5 Å². The molecule has 0 bridgehead atoms. The number of hydrogen-bond acceptors (Lipinski definition) is 1. The molecule has 0 aliphatic heterocycles. The zero-order chi connectivity index (χ0) is 12.1. The molecule has 1 nitrogen and oxygen atoms in total. The van der Waals surface area contributed by atoms with Gasteiger partial charge in [-0.25, -0.2) is 0 Å². The van der Waals surface area contributed by atoms with Gasteiger partial charge in [-0.05, 0) is 35.6 Å². The molecule has 17 heavy (non-hydrogen) atoms. The minimum atomic E-state index is 0.546. The molecule has 0 aromatic heterocycles. The Hall–Kier alpha value is -1.60. The summed E-state index contributed by atoms with van der Waals surface area (Å²) in [6.45, 7) is 2.98. The lowest BCUT2D eigenvalue weighted by Crippen LogP contribution is -2.04. The van der Waals surface area contributed by atoms with E-state index in [-0.39, 0.29) is 0 Å². The Bertz CT molecular complexity index is 445. The molecule has 0 amide bonds. The van der Waals surface area contributed by atoms with E-state index in [0.717, 1.165) is 13.0 Å². The first kappa shape index (κ1) is 11.9. The Labute approximate surface area is 103 Å². The lowest BCUT2D eigenvalue weighted by atomic mass is 9.95. The van der Waals surface area contributed by atoms with Crippen LogP contribution in [0.25, 0.3) is 11.1 Å². The van der Waals surface area contributed by atoms with Crippen molar-refractivity contribution in [3.8, 4) is 11.1 Å². The number of rotatable bonds is 4. The van der Waals surface area contributed by atoms with Gasteiger partial charge in [-0.15, -0.1) is 0 Å². The first-order valence-electron chi connectivity index (χ1n) is 6.16. The summed E-state index contributed by atoms with van der Waals surface area (Å²) in [6, 6.07) is 19.3. The highest BCUT2D eigenvalue weighted by molar-refractivity contribution is 5.63. The minimum Gasteiger partial charge on any atom is -0.330 e. The third-order valence-corrected chi connectivity index (χ3v) is 3.19. The van der Waals surface area contributed by atoms with Gasteiger partial charge in [0.1, 0.15) is 0 Å². The lowest BCUT2D eigenvalue weighted by molar-refractivity contribution is 0.690. The zero-order valence-corrected chi connectivity index (χ0v) is 10.3. The molecule has 1 heteroatoms. The van der Waals surface area contributed by atoms with Gasteiger partial charge in [0, 0.05) is 0 Å². The van der Waals surface area contributed by atoms with E-state index in [2.05, 4.69) is 55.5 Å². The van der Waals surface area contributed by atoms with Gasteiger partial charge in [0.25, 0.3) is 0 Å². The van der Waals surface area contributed by atoms with E-state index in [1.165, 1.54) is 16.7 Å². The number of nitrogens with two attached hydrogens (primary N) is 1. The lowest BCUT2D eigenvalue weighted by Gasteiger charge is -2.11. The fourth-order valence-electron chi connectivity index (χ4n) is 2.05. The van der Waals surface area contributed by atoms with Gasteiger partial charge in [0.15, 0.2) is 0 Å². The van der Waals surface area contributed by atoms with Crippen molar-refractivity contribution in [3.63, 3.8) is 0 Å². The third kappa shape index (κ3) is 2.95. The molecule has 0 saturated heterocycles. The fourth-order valence-corrected chi connectivity index (χ4v) is 2.05. The highest BCUT2D eigenvalue weighted by atomic mass is 14.5. The topological polar surface area (TPSA) is 26.0 Å². The van der Waals surface area contributed by atoms with Crippen molar-refractivity contribution in [3.05, 3.63) is 60.2 Å². The third-order valence-electron chi connectivity index (χ3n) is 3.19. The molecule has 0 radical (unpaired) electrons. The summed E-state index contributed by atoms with van der Waals surface area (Å²) in [5.41, 5.74) is 9.50. The van der Waals surface area contributed by atoms with Crippen LogP contribution in [-0.2, 0) is 0 Å². The van der Waals surface area contributed by atoms with Crippen LogP contribution in [0.15, 0.2) is 54.6 Å². The maximum Gasteiger partial charge on any atom is -0.00715 e. The Morgan fingerprint density at radius 2 is 1.47 bits per heavy atom. The second-order valence-electron chi connectivity index (χ2n) is 4.47. The maximum atomic E-state index is 5.59.